The molecule has 0 radical (unpaired) electrons. The number of sulfonamides is 1. The largest absolute Gasteiger partial charge is 0.489 e. The lowest BCUT2D eigenvalue weighted by molar-refractivity contribution is -0.0681. The molecular weight excluding hydrogens is 785 g/mol. The summed E-state index contributed by atoms with van der Waals surface area (Å²) in [4.78, 5) is 15.7. The molecule has 1 saturated heterocycles. The van der Waals surface area contributed by atoms with E-state index in [2.05, 4.69) is 0 Å². The van der Waals surface area contributed by atoms with Crippen LogP contribution in [0.15, 0.2) is 130 Å². The Balaban J connectivity index is 1.12. The molecule has 306 valence electrons. The SMILES string of the molecule is CC(C)CN(C[C@H]1OC(C)(C)N(C(=O)Oc2ccoc2)[C@H]1Cc1ccc(OCc2ccccc2CS(=O)(=O)c2ccccc2)cc1)S(=O)(=O)c1ccc2c(c1)OCO2. The van der Waals surface area contributed by atoms with Crippen LogP contribution in [-0.4, -0.2) is 69.9 Å². The maximum absolute atomic E-state index is 14.3. The molecule has 0 bridgehead atoms. The highest BCUT2D eigenvalue weighted by atomic mass is 32.2. The topological polar surface area (TPSA) is 151 Å². The van der Waals surface area contributed by atoms with Gasteiger partial charge in [-0.25, -0.2) is 21.6 Å². The van der Waals surface area contributed by atoms with Crippen molar-refractivity contribution in [2.75, 3.05) is 19.9 Å². The zero-order valence-electron chi connectivity index (χ0n) is 32.6. The van der Waals surface area contributed by atoms with Gasteiger partial charge in [0.05, 0.1) is 34.0 Å². The van der Waals surface area contributed by atoms with E-state index in [0.29, 0.717) is 22.8 Å². The second-order valence-corrected chi connectivity index (χ2v) is 19.0. The van der Waals surface area contributed by atoms with Gasteiger partial charge in [-0.15, -0.1) is 0 Å². The Hall–Kier alpha value is -5.35. The van der Waals surface area contributed by atoms with Crippen molar-refractivity contribution in [1.29, 1.82) is 0 Å². The summed E-state index contributed by atoms with van der Waals surface area (Å²) in [6.45, 7) is 7.64. The molecule has 4 aromatic carbocycles. The first-order chi connectivity index (χ1) is 27.7. The Morgan fingerprint density at radius 2 is 1.55 bits per heavy atom. The van der Waals surface area contributed by atoms with Crippen molar-refractivity contribution in [2.45, 2.75) is 74.1 Å². The average Bonchev–Trinajstić information content (AvgIpc) is 3.94. The van der Waals surface area contributed by atoms with Crippen LogP contribution in [-0.2, 0) is 43.4 Å². The first-order valence-electron chi connectivity index (χ1n) is 18.9. The molecule has 7 rings (SSSR count). The average molecular weight is 831 g/mol. The zero-order chi connectivity index (χ0) is 41.1. The van der Waals surface area contributed by atoms with Gasteiger partial charge in [-0.3, -0.25) is 4.90 Å². The number of carbonyl (C=O) groups is 1. The predicted octanol–water partition coefficient (Wildman–Crippen LogP) is 7.46. The fourth-order valence-electron chi connectivity index (χ4n) is 7.21. The number of nitrogens with zero attached hydrogens (tertiary/aromatic N) is 2. The van der Waals surface area contributed by atoms with Crippen molar-refractivity contribution >= 4 is 26.0 Å². The molecule has 1 fully saturated rings. The summed E-state index contributed by atoms with van der Waals surface area (Å²) >= 11 is 0. The Bertz CT molecular complexity index is 2420. The standard InChI is InChI=1S/C43H46N2O11S2/c1-30(2)24-44(58(49,50)37-18-19-39-40(23-37)54-29-53-39)25-41-38(45(43(3,4)56-41)42(46)55-35-20-21-51-27-35)22-31-14-16-34(17-15-31)52-26-32-10-8-9-11-33(32)28-57(47,48)36-12-6-5-7-13-36/h5-21,23,27,30,38,41H,22,24-26,28-29H2,1-4H3/t38-,41+/m0/s1. The third-order valence-electron chi connectivity index (χ3n) is 9.94. The van der Waals surface area contributed by atoms with Crippen molar-refractivity contribution < 1.29 is 49.7 Å². The van der Waals surface area contributed by atoms with Crippen LogP contribution >= 0.6 is 0 Å². The highest BCUT2D eigenvalue weighted by Crippen LogP contribution is 2.38. The van der Waals surface area contributed by atoms with E-state index in [4.69, 9.17) is 28.1 Å². The van der Waals surface area contributed by atoms with Crippen LogP contribution < -0.4 is 18.9 Å². The summed E-state index contributed by atoms with van der Waals surface area (Å²) in [5.41, 5.74) is 1.03. The fraction of sp³-hybridized carbons (Fsp3) is 0.326. The lowest BCUT2D eigenvalue weighted by Crippen LogP contribution is -2.51. The quantitative estimate of drug-likeness (QED) is 0.103. The molecule has 0 unspecified atom stereocenters. The van der Waals surface area contributed by atoms with Gasteiger partial charge in [0.2, 0.25) is 16.8 Å². The summed E-state index contributed by atoms with van der Waals surface area (Å²) in [6.07, 6.45) is 1.55. The van der Waals surface area contributed by atoms with E-state index in [1.807, 2.05) is 38.1 Å². The van der Waals surface area contributed by atoms with Crippen LogP contribution in [0, 0.1) is 5.92 Å². The second kappa shape index (κ2) is 16.9. The minimum Gasteiger partial charge on any atom is -0.489 e. The van der Waals surface area contributed by atoms with E-state index in [1.54, 1.807) is 74.5 Å². The number of hydrogen-bond donors (Lipinski definition) is 0. The zero-order valence-corrected chi connectivity index (χ0v) is 34.3. The second-order valence-electron chi connectivity index (χ2n) is 15.1. The molecule has 15 heteroatoms. The van der Waals surface area contributed by atoms with Crippen LogP contribution in [0.2, 0.25) is 0 Å². The van der Waals surface area contributed by atoms with Gasteiger partial charge in [0.15, 0.2) is 27.1 Å². The highest BCUT2D eigenvalue weighted by Gasteiger charge is 2.52. The summed E-state index contributed by atoms with van der Waals surface area (Å²) in [6, 6.07) is 28.4. The summed E-state index contributed by atoms with van der Waals surface area (Å²) in [5, 5.41) is 0. The van der Waals surface area contributed by atoms with E-state index in [-0.39, 0.29) is 60.1 Å². The summed E-state index contributed by atoms with van der Waals surface area (Å²) in [5.74, 6) is 1.39. The molecule has 2 aliphatic rings. The van der Waals surface area contributed by atoms with Crippen molar-refractivity contribution in [3.63, 3.8) is 0 Å². The Labute approximate surface area is 339 Å². The van der Waals surface area contributed by atoms with E-state index >= 15 is 0 Å². The highest BCUT2D eigenvalue weighted by molar-refractivity contribution is 7.90. The van der Waals surface area contributed by atoms with Crippen molar-refractivity contribution in [1.82, 2.24) is 9.21 Å². The third-order valence-corrected chi connectivity index (χ3v) is 13.4. The smallest absolute Gasteiger partial charge is 0.417 e. The van der Waals surface area contributed by atoms with Gasteiger partial charge >= 0.3 is 6.09 Å². The predicted molar refractivity (Wildman–Crippen MR) is 214 cm³/mol. The van der Waals surface area contributed by atoms with Gasteiger partial charge in [-0.05, 0) is 79.3 Å². The Kier molecular flexibility index (Phi) is 11.9. The maximum Gasteiger partial charge on any atom is 0.417 e. The first kappa shape index (κ1) is 40.8. The van der Waals surface area contributed by atoms with Gasteiger partial charge in [0.25, 0.3) is 0 Å². The van der Waals surface area contributed by atoms with Gasteiger partial charge in [0.1, 0.15) is 24.3 Å². The van der Waals surface area contributed by atoms with Crippen LogP contribution in [0.4, 0.5) is 4.79 Å². The lowest BCUT2D eigenvalue weighted by atomic mass is 9.99. The molecule has 5 aromatic rings. The normalized spacial score (nSPS) is 17.5. The number of hydrogen-bond acceptors (Lipinski definition) is 11. The Morgan fingerprint density at radius 3 is 2.26 bits per heavy atom. The molecule has 0 aliphatic carbocycles. The van der Waals surface area contributed by atoms with Gasteiger partial charge in [-0.1, -0.05) is 68.4 Å². The van der Waals surface area contributed by atoms with Crippen LogP contribution in [0.1, 0.15) is 44.4 Å². The maximum atomic E-state index is 14.3. The molecule has 1 amide bonds. The lowest BCUT2D eigenvalue weighted by Gasteiger charge is -2.33. The number of benzene rings is 4. The summed E-state index contributed by atoms with van der Waals surface area (Å²) in [7, 11) is -7.63. The van der Waals surface area contributed by atoms with Crippen molar-refractivity contribution in [2.24, 2.45) is 5.92 Å². The van der Waals surface area contributed by atoms with Crippen LogP contribution in [0.25, 0.3) is 0 Å². The number of ether oxygens (including phenoxy) is 5. The molecule has 0 saturated carbocycles. The molecule has 13 nitrogen and oxygen atoms in total. The van der Waals surface area contributed by atoms with Gasteiger partial charge in [0, 0.05) is 25.2 Å². The number of sulfone groups is 1. The van der Waals surface area contributed by atoms with Crippen LogP contribution in [0.3, 0.4) is 0 Å². The molecule has 58 heavy (non-hydrogen) atoms. The molecule has 2 aliphatic heterocycles. The number of carbonyl (C=O) groups excluding carboxylic acids is 1. The van der Waals surface area contributed by atoms with Crippen LogP contribution in [0.5, 0.6) is 23.0 Å². The minimum atomic E-state index is -4.06. The van der Waals surface area contributed by atoms with Crippen molar-refractivity contribution in [3.8, 4) is 23.0 Å². The number of rotatable bonds is 15. The third kappa shape index (κ3) is 9.18. The first-order valence-corrected chi connectivity index (χ1v) is 22.0. The van der Waals surface area contributed by atoms with E-state index < -0.39 is 43.8 Å². The molecule has 1 aromatic heterocycles. The Morgan fingerprint density at radius 1 is 0.845 bits per heavy atom. The number of amides is 1. The molecule has 0 spiro atoms. The van der Waals surface area contributed by atoms with Gasteiger partial charge in [-0.2, -0.15) is 4.31 Å². The summed E-state index contributed by atoms with van der Waals surface area (Å²) < 4.78 is 90.7. The van der Waals surface area contributed by atoms with Gasteiger partial charge < -0.3 is 28.1 Å². The number of fused-ring (bicyclic) bond motifs is 1. The van der Waals surface area contributed by atoms with Crippen molar-refractivity contribution in [3.05, 3.63) is 132 Å². The monoisotopic (exact) mass is 830 g/mol. The minimum absolute atomic E-state index is 0.00858. The van der Waals surface area contributed by atoms with E-state index in [9.17, 15) is 21.6 Å². The number of furan rings is 1. The molecule has 0 N–H and O–H groups in total. The van der Waals surface area contributed by atoms with E-state index in [1.165, 1.54) is 39.9 Å². The molecule has 3 heterocycles. The van der Waals surface area contributed by atoms with E-state index in [0.717, 1.165) is 11.1 Å². The molecule has 2 atom stereocenters. The molecular formula is C43H46N2O11S2. The fourth-order valence-corrected chi connectivity index (χ4v) is 10.3.